The van der Waals surface area contributed by atoms with E-state index in [1.807, 2.05) is 0 Å². The van der Waals surface area contributed by atoms with Crippen LogP contribution in [0.1, 0.15) is 39.5 Å². The van der Waals surface area contributed by atoms with Gasteiger partial charge in [-0.1, -0.05) is 19.3 Å². The van der Waals surface area contributed by atoms with Crippen LogP contribution in [0.3, 0.4) is 0 Å². The van der Waals surface area contributed by atoms with E-state index in [0.29, 0.717) is 12.1 Å². The summed E-state index contributed by atoms with van der Waals surface area (Å²) in [5, 5.41) is 3.51. The van der Waals surface area contributed by atoms with E-state index in [-0.39, 0.29) is 0 Å². The first-order valence-electron chi connectivity index (χ1n) is 5.48. The van der Waals surface area contributed by atoms with Crippen molar-refractivity contribution in [2.24, 2.45) is 5.92 Å². The van der Waals surface area contributed by atoms with E-state index < -0.39 is 0 Å². The van der Waals surface area contributed by atoms with Crippen LogP contribution in [0.2, 0.25) is 0 Å². The lowest BCUT2D eigenvalue weighted by atomic mass is 9.81. The zero-order valence-electron chi connectivity index (χ0n) is 9.18. The summed E-state index contributed by atoms with van der Waals surface area (Å²) in [6, 6.07) is 0.655. The number of hydrogen-bond donors (Lipinski definition) is 1. The Labute approximate surface area is 82.0 Å². The summed E-state index contributed by atoms with van der Waals surface area (Å²) in [5.41, 5.74) is 0. The molecule has 0 aromatic heterocycles. The van der Waals surface area contributed by atoms with Crippen LogP contribution < -0.4 is 5.32 Å². The van der Waals surface area contributed by atoms with Crippen molar-refractivity contribution in [3.63, 3.8) is 0 Å². The van der Waals surface area contributed by atoms with Gasteiger partial charge in [0.25, 0.3) is 0 Å². The molecule has 13 heavy (non-hydrogen) atoms. The summed E-state index contributed by atoms with van der Waals surface area (Å²) in [6.07, 6.45) is 6.03. The van der Waals surface area contributed by atoms with E-state index in [4.69, 9.17) is 4.74 Å². The molecule has 2 nitrogen and oxygen atoms in total. The molecule has 0 heterocycles. The first kappa shape index (κ1) is 11.0. The average molecular weight is 185 g/mol. The number of methoxy groups -OCH3 is 1. The molecule has 1 rings (SSSR count). The van der Waals surface area contributed by atoms with Gasteiger partial charge in [0.05, 0.1) is 6.10 Å². The number of nitrogens with one attached hydrogen (secondary N) is 1. The highest BCUT2D eigenvalue weighted by Crippen LogP contribution is 2.30. The van der Waals surface area contributed by atoms with Crippen molar-refractivity contribution in [2.45, 2.75) is 51.7 Å². The highest BCUT2D eigenvalue weighted by molar-refractivity contribution is 4.75. The van der Waals surface area contributed by atoms with E-state index in [2.05, 4.69) is 19.2 Å². The standard InChI is InChI=1S/C11H23NO/c1-9(7-11-5-4-6-11)12-8-10(2)13-3/h9-12H,4-8H2,1-3H3. The topological polar surface area (TPSA) is 21.3 Å². The van der Waals surface area contributed by atoms with Crippen LogP contribution in [-0.2, 0) is 4.74 Å². The van der Waals surface area contributed by atoms with Gasteiger partial charge in [0.2, 0.25) is 0 Å². The second-order valence-corrected chi connectivity index (χ2v) is 4.39. The van der Waals surface area contributed by atoms with Crippen molar-refractivity contribution in [3.8, 4) is 0 Å². The molecule has 1 aliphatic carbocycles. The normalized spacial score (nSPS) is 22.4. The number of hydrogen-bond acceptors (Lipinski definition) is 2. The van der Waals surface area contributed by atoms with Crippen LogP contribution in [0.5, 0.6) is 0 Å². The van der Waals surface area contributed by atoms with E-state index in [0.717, 1.165) is 12.5 Å². The van der Waals surface area contributed by atoms with Crippen molar-refractivity contribution < 1.29 is 4.74 Å². The Balaban J connectivity index is 1.99. The Morgan fingerprint density at radius 3 is 2.54 bits per heavy atom. The zero-order chi connectivity index (χ0) is 9.68. The molecule has 0 amide bonds. The maximum absolute atomic E-state index is 5.18. The lowest BCUT2D eigenvalue weighted by Gasteiger charge is -2.29. The van der Waals surface area contributed by atoms with Gasteiger partial charge < -0.3 is 10.1 Å². The summed E-state index contributed by atoms with van der Waals surface area (Å²) < 4.78 is 5.18. The molecule has 0 aromatic rings. The molecule has 1 fully saturated rings. The third-order valence-electron chi connectivity index (χ3n) is 3.07. The van der Waals surface area contributed by atoms with Gasteiger partial charge in [-0.05, 0) is 26.2 Å². The molecule has 0 spiro atoms. The fraction of sp³-hybridized carbons (Fsp3) is 1.00. The van der Waals surface area contributed by atoms with Crippen LogP contribution >= 0.6 is 0 Å². The van der Waals surface area contributed by atoms with Crippen LogP contribution in [0.25, 0.3) is 0 Å². The predicted molar refractivity (Wildman–Crippen MR) is 55.9 cm³/mol. The predicted octanol–water partition coefficient (Wildman–Crippen LogP) is 2.19. The Hall–Kier alpha value is -0.0800. The van der Waals surface area contributed by atoms with Gasteiger partial charge in [0.1, 0.15) is 0 Å². The number of ether oxygens (including phenoxy) is 1. The molecular formula is C11H23NO. The van der Waals surface area contributed by atoms with E-state index in [9.17, 15) is 0 Å². The van der Waals surface area contributed by atoms with Gasteiger partial charge >= 0.3 is 0 Å². The maximum Gasteiger partial charge on any atom is 0.0667 e. The molecule has 0 saturated heterocycles. The summed E-state index contributed by atoms with van der Waals surface area (Å²) in [4.78, 5) is 0. The molecule has 0 bridgehead atoms. The SMILES string of the molecule is COC(C)CNC(C)CC1CCC1. The van der Waals surface area contributed by atoms with Crippen molar-refractivity contribution in [1.29, 1.82) is 0 Å². The molecular weight excluding hydrogens is 162 g/mol. The van der Waals surface area contributed by atoms with Crippen LogP contribution in [0.15, 0.2) is 0 Å². The van der Waals surface area contributed by atoms with Crippen LogP contribution in [-0.4, -0.2) is 25.8 Å². The Kier molecular flexibility index (Phi) is 4.74. The molecule has 78 valence electrons. The fourth-order valence-corrected chi connectivity index (χ4v) is 1.76. The Morgan fingerprint density at radius 1 is 1.38 bits per heavy atom. The van der Waals surface area contributed by atoms with E-state index in [1.165, 1.54) is 25.7 Å². The molecule has 1 aliphatic rings. The molecule has 2 unspecified atom stereocenters. The van der Waals surface area contributed by atoms with Crippen LogP contribution in [0.4, 0.5) is 0 Å². The second kappa shape index (κ2) is 5.61. The maximum atomic E-state index is 5.18. The molecule has 0 aliphatic heterocycles. The van der Waals surface area contributed by atoms with Gasteiger partial charge in [-0.15, -0.1) is 0 Å². The molecule has 1 N–H and O–H groups in total. The van der Waals surface area contributed by atoms with Crippen molar-refractivity contribution in [2.75, 3.05) is 13.7 Å². The first-order valence-corrected chi connectivity index (χ1v) is 5.48. The molecule has 2 heteroatoms. The minimum atomic E-state index is 0.337. The third kappa shape index (κ3) is 4.10. The van der Waals surface area contributed by atoms with Gasteiger partial charge in [0.15, 0.2) is 0 Å². The fourth-order valence-electron chi connectivity index (χ4n) is 1.76. The molecule has 0 radical (unpaired) electrons. The van der Waals surface area contributed by atoms with Crippen molar-refractivity contribution >= 4 is 0 Å². The lowest BCUT2D eigenvalue weighted by Crippen LogP contribution is -2.35. The minimum Gasteiger partial charge on any atom is -0.380 e. The minimum absolute atomic E-state index is 0.337. The highest BCUT2D eigenvalue weighted by Gasteiger charge is 2.19. The zero-order valence-corrected chi connectivity index (χ0v) is 9.18. The first-order chi connectivity index (χ1) is 6.22. The monoisotopic (exact) mass is 185 g/mol. The highest BCUT2D eigenvalue weighted by atomic mass is 16.5. The third-order valence-corrected chi connectivity index (χ3v) is 3.07. The number of rotatable bonds is 6. The molecule has 2 atom stereocenters. The lowest BCUT2D eigenvalue weighted by molar-refractivity contribution is 0.112. The Bertz CT molecular complexity index is 134. The van der Waals surface area contributed by atoms with Crippen molar-refractivity contribution in [1.82, 2.24) is 5.32 Å². The van der Waals surface area contributed by atoms with Gasteiger partial charge in [-0.25, -0.2) is 0 Å². The second-order valence-electron chi connectivity index (χ2n) is 4.39. The van der Waals surface area contributed by atoms with Gasteiger partial charge in [-0.2, -0.15) is 0 Å². The van der Waals surface area contributed by atoms with Gasteiger partial charge in [-0.3, -0.25) is 0 Å². The van der Waals surface area contributed by atoms with Gasteiger partial charge in [0, 0.05) is 19.7 Å². The quantitative estimate of drug-likeness (QED) is 0.685. The summed E-state index contributed by atoms with van der Waals surface area (Å²) in [6.45, 7) is 5.36. The summed E-state index contributed by atoms with van der Waals surface area (Å²) in [5.74, 6) is 1.00. The Morgan fingerprint density at radius 2 is 2.08 bits per heavy atom. The smallest absolute Gasteiger partial charge is 0.0667 e. The molecule has 1 saturated carbocycles. The molecule has 0 aromatic carbocycles. The summed E-state index contributed by atoms with van der Waals surface area (Å²) in [7, 11) is 1.77. The largest absolute Gasteiger partial charge is 0.380 e. The van der Waals surface area contributed by atoms with Crippen LogP contribution in [0, 0.1) is 5.92 Å². The average Bonchev–Trinajstić information content (AvgIpc) is 2.07. The van der Waals surface area contributed by atoms with E-state index in [1.54, 1.807) is 7.11 Å². The van der Waals surface area contributed by atoms with Crippen molar-refractivity contribution in [3.05, 3.63) is 0 Å². The van der Waals surface area contributed by atoms with E-state index >= 15 is 0 Å². The summed E-state index contributed by atoms with van der Waals surface area (Å²) >= 11 is 0.